The Morgan fingerprint density at radius 3 is 2.74 bits per heavy atom. The van der Waals surface area contributed by atoms with Crippen molar-refractivity contribution >= 4 is 16.7 Å². The molecule has 0 bridgehead atoms. The van der Waals surface area contributed by atoms with Crippen LogP contribution >= 0.6 is 0 Å². The van der Waals surface area contributed by atoms with E-state index in [0.29, 0.717) is 13.0 Å². The predicted octanol–water partition coefficient (Wildman–Crippen LogP) is 4.14. The van der Waals surface area contributed by atoms with E-state index in [9.17, 15) is 4.79 Å². The molecule has 1 atom stereocenters. The molecule has 0 N–H and O–H groups in total. The fraction of sp³-hybridized carbons (Fsp3) is 0.250. The van der Waals surface area contributed by atoms with Gasteiger partial charge in [0.25, 0.3) is 0 Å². The Hall–Kier alpha value is -2.55. The Kier molecular flexibility index (Phi) is 2.66. The van der Waals surface area contributed by atoms with Crippen LogP contribution in [0.1, 0.15) is 40.5 Å². The van der Waals surface area contributed by atoms with Gasteiger partial charge in [0.15, 0.2) is 5.78 Å². The summed E-state index contributed by atoms with van der Waals surface area (Å²) >= 11 is 0. The first kappa shape index (κ1) is 12.9. The van der Waals surface area contributed by atoms with Gasteiger partial charge in [-0.05, 0) is 24.5 Å². The zero-order valence-corrected chi connectivity index (χ0v) is 12.8. The number of fused-ring (bicyclic) bond motifs is 3. The number of para-hydroxylation sites is 1. The molecule has 3 aromatic rings. The number of Topliss-reactive ketones (excluding diaryl/α,β-unsaturated/α-hetero) is 1. The first-order chi connectivity index (χ1) is 11.3. The van der Waals surface area contributed by atoms with Gasteiger partial charge in [0.2, 0.25) is 0 Å². The molecular weight excluding hydrogens is 286 g/mol. The third kappa shape index (κ3) is 1.73. The second kappa shape index (κ2) is 4.72. The fourth-order valence-corrected chi connectivity index (χ4v) is 4.11. The molecule has 2 aromatic carbocycles. The molecule has 0 fully saturated rings. The van der Waals surface area contributed by atoms with E-state index in [1.807, 2.05) is 18.2 Å². The summed E-state index contributed by atoms with van der Waals surface area (Å²) in [7, 11) is 0. The van der Waals surface area contributed by atoms with Crippen LogP contribution in [0.25, 0.3) is 10.9 Å². The standard InChI is InChI=1S/C20H17NO2/c22-17-10-5-9-15-19(17)14-8-4-11-18-20(14)21(15)16(12-23-18)13-6-2-1-3-7-13/h1-4,6-8,11,16H,5,9-10,12H2/t16-/m1/s1. The lowest BCUT2D eigenvalue weighted by Crippen LogP contribution is -2.25. The van der Waals surface area contributed by atoms with Crippen molar-refractivity contribution in [3.8, 4) is 5.75 Å². The molecule has 0 saturated heterocycles. The zero-order chi connectivity index (χ0) is 15.4. The molecule has 2 aliphatic rings. The van der Waals surface area contributed by atoms with Crippen molar-refractivity contribution in [2.75, 3.05) is 6.61 Å². The van der Waals surface area contributed by atoms with Crippen LogP contribution in [0.15, 0.2) is 48.5 Å². The highest BCUT2D eigenvalue weighted by atomic mass is 16.5. The Labute approximate surface area is 134 Å². The van der Waals surface area contributed by atoms with Crippen molar-refractivity contribution in [3.05, 3.63) is 65.4 Å². The molecule has 114 valence electrons. The van der Waals surface area contributed by atoms with Crippen LogP contribution in [0.4, 0.5) is 0 Å². The lowest BCUT2D eigenvalue weighted by atomic mass is 9.94. The number of hydrogen-bond acceptors (Lipinski definition) is 2. The Morgan fingerprint density at radius 2 is 1.87 bits per heavy atom. The second-order valence-electron chi connectivity index (χ2n) is 6.36. The average molecular weight is 303 g/mol. The van der Waals surface area contributed by atoms with Crippen molar-refractivity contribution in [2.45, 2.75) is 25.3 Å². The normalized spacial score (nSPS) is 19.5. The number of carbonyl (C=O) groups is 1. The highest BCUT2D eigenvalue weighted by Crippen LogP contribution is 2.42. The molecule has 3 nitrogen and oxygen atoms in total. The van der Waals surface area contributed by atoms with Gasteiger partial charge < -0.3 is 9.30 Å². The second-order valence-corrected chi connectivity index (χ2v) is 6.36. The van der Waals surface area contributed by atoms with Gasteiger partial charge in [-0.2, -0.15) is 0 Å². The van der Waals surface area contributed by atoms with Crippen LogP contribution in [-0.4, -0.2) is 17.0 Å². The van der Waals surface area contributed by atoms with E-state index in [1.165, 1.54) is 11.3 Å². The SMILES string of the molecule is O=C1CCCc2c1c1cccc3c1n2[C@@H](c1ccccc1)CO3. The van der Waals surface area contributed by atoms with Crippen LogP contribution in [-0.2, 0) is 6.42 Å². The van der Waals surface area contributed by atoms with E-state index in [0.717, 1.165) is 35.1 Å². The topological polar surface area (TPSA) is 31.2 Å². The Balaban J connectivity index is 1.86. The van der Waals surface area contributed by atoms with Crippen LogP contribution in [0.2, 0.25) is 0 Å². The molecule has 5 rings (SSSR count). The van der Waals surface area contributed by atoms with Crippen molar-refractivity contribution in [1.82, 2.24) is 4.57 Å². The molecule has 0 saturated carbocycles. The van der Waals surface area contributed by atoms with E-state index in [4.69, 9.17) is 4.74 Å². The maximum absolute atomic E-state index is 12.5. The summed E-state index contributed by atoms with van der Waals surface area (Å²) in [4.78, 5) is 12.5. The highest BCUT2D eigenvalue weighted by molar-refractivity contribution is 6.11. The van der Waals surface area contributed by atoms with Crippen molar-refractivity contribution < 1.29 is 9.53 Å². The van der Waals surface area contributed by atoms with Gasteiger partial charge in [-0.1, -0.05) is 42.5 Å². The van der Waals surface area contributed by atoms with Crippen LogP contribution in [0.5, 0.6) is 5.75 Å². The smallest absolute Gasteiger partial charge is 0.165 e. The van der Waals surface area contributed by atoms with Crippen LogP contribution in [0.3, 0.4) is 0 Å². The first-order valence-corrected chi connectivity index (χ1v) is 8.21. The number of ether oxygens (including phenoxy) is 1. The zero-order valence-electron chi connectivity index (χ0n) is 12.8. The molecule has 23 heavy (non-hydrogen) atoms. The predicted molar refractivity (Wildman–Crippen MR) is 89.3 cm³/mol. The number of carbonyl (C=O) groups excluding carboxylic acids is 1. The molecule has 0 spiro atoms. The highest BCUT2D eigenvalue weighted by Gasteiger charge is 2.33. The van der Waals surface area contributed by atoms with E-state index >= 15 is 0 Å². The number of hydrogen-bond donors (Lipinski definition) is 0. The third-order valence-electron chi connectivity index (χ3n) is 5.08. The van der Waals surface area contributed by atoms with Gasteiger partial charge in [-0.15, -0.1) is 0 Å². The van der Waals surface area contributed by atoms with E-state index in [-0.39, 0.29) is 11.8 Å². The Morgan fingerprint density at radius 1 is 1.00 bits per heavy atom. The maximum atomic E-state index is 12.5. The molecule has 1 aromatic heterocycles. The van der Waals surface area contributed by atoms with E-state index < -0.39 is 0 Å². The summed E-state index contributed by atoms with van der Waals surface area (Å²) in [5.41, 5.74) is 4.45. The molecule has 0 radical (unpaired) electrons. The lowest BCUT2D eigenvalue weighted by Gasteiger charge is -2.29. The number of ketones is 1. The quantitative estimate of drug-likeness (QED) is 0.676. The minimum Gasteiger partial charge on any atom is -0.489 e. The Bertz CT molecular complexity index is 924. The minimum atomic E-state index is 0.142. The number of aromatic nitrogens is 1. The first-order valence-electron chi connectivity index (χ1n) is 8.21. The summed E-state index contributed by atoms with van der Waals surface area (Å²) in [6.45, 7) is 0.617. The molecule has 0 amide bonds. The number of nitrogens with zero attached hydrogens (tertiary/aromatic N) is 1. The molecule has 1 aliphatic heterocycles. The molecule has 3 heteroatoms. The fourth-order valence-electron chi connectivity index (χ4n) is 4.11. The largest absolute Gasteiger partial charge is 0.489 e. The van der Waals surface area contributed by atoms with Crippen LogP contribution in [0, 0.1) is 0 Å². The molecule has 1 aliphatic carbocycles. The van der Waals surface area contributed by atoms with Crippen molar-refractivity contribution in [2.24, 2.45) is 0 Å². The number of rotatable bonds is 1. The van der Waals surface area contributed by atoms with Gasteiger partial charge in [-0.3, -0.25) is 4.79 Å². The summed E-state index contributed by atoms with van der Waals surface area (Å²) < 4.78 is 8.41. The molecule has 0 unspecified atom stereocenters. The monoisotopic (exact) mass is 303 g/mol. The van der Waals surface area contributed by atoms with Gasteiger partial charge in [0.05, 0.1) is 11.6 Å². The number of benzene rings is 2. The molecule has 2 heterocycles. The van der Waals surface area contributed by atoms with Gasteiger partial charge >= 0.3 is 0 Å². The average Bonchev–Trinajstić information content (AvgIpc) is 2.94. The minimum absolute atomic E-state index is 0.142. The van der Waals surface area contributed by atoms with Crippen molar-refractivity contribution in [3.63, 3.8) is 0 Å². The summed E-state index contributed by atoms with van der Waals surface area (Å²) in [5.74, 6) is 1.18. The summed E-state index contributed by atoms with van der Waals surface area (Å²) in [6.07, 6.45) is 2.57. The van der Waals surface area contributed by atoms with Gasteiger partial charge in [0.1, 0.15) is 12.4 Å². The van der Waals surface area contributed by atoms with Gasteiger partial charge in [0, 0.05) is 23.1 Å². The summed E-state index contributed by atoms with van der Waals surface area (Å²) in [5, 5.41) is 1.06. The molecular formula is C20H17NO2. The maximum Gasteiger partial charge on any atom is 0.165 e. The van der Waals surface area contributed by atoms with E-state index in [2.05, 4.69) is 34.9 Å². The van der Waals surface area contributed by atoms with Gasteiger partial charge in [-0.25, -0.2) is 0 Å². The van der Waals surface area contributed by atoms with Crippen molar-refractivity contribution in [1.29, 1.82) is 0 Å². The summed E-state index contributed by atoms with van der Waals surface area (Å²) in [6, 6.07) is 16.7. The van der Waals surface area contributed by atoms with Crippen LogP contribution < -0.4 is 4.74 Å². The van der Waals surface area contributed by atoms with E-state index in [1.54, 1.807) is 0 Å². The third-order valence-corrected chi connectivity index (χ3v) is 5.08. The lowest BCUT2D eigenvalue weighted by molar-refractivity contribution is 0.0972.